The molecule has 0 aliphatic heterocycles. The number of hydrogen-bond donors (Lipinski definition) is 1. The molecule has 160 valence electrons. The van der Waals surface area contributed by atoms with Crippen LogP contribution in [0.15, 0.2) is 48.5 Å². The Morgan fingerprint density at radius 2 is 1.87 bits per heavy atom. The van der Waals surface area contributed by atoms with Gasteiger partial charge in [0.15, 0.2) is 6.10 Å². The van der Waals surface area contributed by atoms with E-state index in [2.05, 4.69) is 17.2 Å². The standard InChI is InChI=1S/C22H21N3O5S/c1-4-15-9-11-16(12-10-15)21-23-13(2)19(31-21)22(27)30-14(3)20(26)24-17-7-5-6-8-18(17)25(28)29/h5-12,14H,4H2,1-3H3,(H,24,26). The number of nitro benzene ring substituents is 1. The third kappa shape index (κ3) is 5.13. The second-order valence-electron chi connectivity index (χ2n) is 6.80. The zero-order valence-corrected chi connectivity index (χ0v) is 18.1. The highest BCUT2D eigenvalue weighted by Crippen LogP contribution is 2.29. The van der Waals surface area contributed by atoms with E-state index in [4.69, 9.17) is 4.74 Å². The summed E-state index contributed by atoms with van der Waals surface area (Å²) in [7, 11) is 0. The van der Waals surface area contributed by atoms with Crippen molar-refractivity contribution in [1.82, 2.24) is 4.98 Å². The molecule has 9 heteroatoms. The number of aromatic nitrogens is 1. The first-order valence-corrected chi connectivity index (χ1v) is 10.4. The van der Waals surface area contributed by atoms with Gasteiger partial charge in [-0.15, -0.1) is 11.3 Å². The van der Waals surface area contributed by atoms with Gasteiger partial charge < -0.3 is 10.1 Å². The Morgan fingerprint density at radius 1 is 1.19 bits per heavy atom. The number of nitro groups is 1. The SMILES string of the molecule is CCc1ccc(-c2nc(C)c(C(=O)OC(C)C(=O)Nc3ccccc3[N+](=O)[O-])s2)cc1. The van der Waals surface area contributed by atoms with Crippen LogP contribution in [0.3, 0.4) is 0 Å². The Kier molecular flexibility index (Phi) is 6.76. The molecule has 3 rings (SSSR count). The van der Waals surface area contributed by atoms with Crippen LogP contribution in [0.5, 0.6) is 0 Å². The lowest BCUT2D eigenvalue weighted by molar-refractivity contribution is -0.383. The minimum atomic E-state index is -1.15. The number of benzene rings is 2. The van der Waals surface area contributed by atoms with Gasteiger partial charge >= 0.3 is 5.97 Å². The van der Waals surface area contributed by atoms with E-state index in [1.807, 2.05) is 24.3 Å². The van der Waals surface area contributed by atoms with E-state index in [9.17, 15) is 19.7 Å². The summed E-state index contributed by atoms with van der Waals surface area (Å²) in [6.45, 7) is 5.18. The Labute approximate surface area is 183 Å². The summed E-state index contributed by atoms with van der Waals surface area (Å²) in [5, 5.41) is 14.2. The monoisotopic (exact) mass is 439 g/mol. The highest BCUT2D eigenvalue weighted by molar-refractivity contribution is 7.17. The van der Waals surface area contributed by atoms with E-state index in [1.54, 1.807) is 13.0 Å². The number of ether oxygens (including phenoxy) is 1. The predicted molar refractivity (Wildman–Crippen MR) is 118 cm³/mol. The number of rotatable bonds is 7. The number of thiazole rings is 1. The quantitative estimate of drug-likeness (QED) is 0.322. The zero-order chi connectivity index (χ0) is 22.5. The second-order valence-corrected chi connectivity index (χ2v) is 7.79. The van der Waals surface area contributed by atoms with E-state index in [0.717, 1.165) is 12.0 Å². The molecule has 0 fully saturated rings. The number of amides is 1. The molecule has 1 amide bonds. The van der Waals surface area contributed by atoms with Gasteiger partial charge in [-0.2, -0.15) is 0 Å². The molecule has 8 nitrogen and oxygen atoms in total. The van der Waals surface area contributed by atoms with Gasteiger partial charge in [-0.1, -0.05) is 43.3 Å². The molecule has 1 N–H and O–H groups in total. The third-order valence-electron chi connectivity index (χ3n) is 4.60. The van der Waals surface area contributed by atoms with Crippen molar-refractivity contribution in [3.63, 3.8) is 0 Å². The minimum absolute atomic E-state index is 0.0344. The maximum absolute atomic E-state index is 12.6. The maximum atomic E-state index is 12.6. The van der Waals surface area contributed by atoms with Crippen LogP contribution in [-0.4, -0.2) is 27.9 Å². The Morgan fingerprint density at radius 3 is 2.52 bits per heavy atom. The van der Waals surface area contributed by atoms with Crippen LogP contribution in [0.2, 0.25) is 0 Å². The van der Waals surface area contributed by atoms with Gasteiger partial charge in [0.2, 0.25) is 0 Å². The third-order valence-corrected chi connectivity index (χ3v) is 5.79. The first-order chi connectivity index (χ1) is 14.8. The number of anilines is 1. The molecule has 2 aromatic carbocycles. The van der Waals surface area contributed by atoms with Crippen LogP contribution in [0, 0.1) is 17.0 Å². The largest absolute Gasteiger partial charge is 0.448 e. The van der Waals surface area contributed by atoms with Crippen LogP contribution in [0.25, 0.3) is 10.6 Å². The summed E-state index contributed by atoms with van der Waals surface area (Å²) in [5.41, 5.74) is 2.40. The van der Waals surface area contributed by atoms with Crippen molar-refractivity contribution < 1.29 is 19.2 Å². The lowest BCUT2D eigenvalue weighted by atomic mass is 10.1. The van der Waals surface area contributed by atoms with E-state index in [1.165, 1.54) is 42.0 Å². The molecule has 3 aromatic rings. The Bertz CT molecular complexity index is 1120. The van der Waals surface area contributed by atoms with E-state index in [-0.39, 0.29) is 11.4 Å². The number of para-hydroxylation sites is 2. The van der Waals surface area contributed by atoms with Gasteiger partial charge in [0.05, 0.1) is 10.6 Å². The number of esters is 1. The molecule has 1 heterocycles. The van der Waals surface area contributed by atoms with Crippen molar-refractivity contribution >= 4 is 34.6 Å². The molecular weight excluding hydrogens is 418 g/mol. The molecule has 31 heavy (non-hydrogen) atoms. The van der Waals surface area contributed by atoms with E-state index >= 15 is 0 Å². The number of nitrogens with zero attached hydrogens (tertiary/aromatic N) is 2. The van der Waals surface area contributed by atoms with Crippen molar-refractivity contribution in [2.45, 2.75) is 33.3 Å². The fourth-order valence-corrected chi connectivity index (χ4v) is 3.79. The number of aryl methyl sites for hydroxylation is 2. The van der Waals surface area contributed by atoms with Gasteiger partial charge in [0.25, 0.3) is 11.6 Å². The van der Waals surface area contributed by atoms with Gasteiger partial charge in [-0.25, -0.2) is 9.78 Å². The van der Waals surface area contributed by atoms with Crippen LogP contribution < -0.4 is 5.32 Å². The van der Waals surface area contributed by atoms with E-state index in [0.29, 0.717) is 15.6 Å². The molecule has 0 saturated carbocycles. The number of carbonyl (C=O) groups is 2. The molecule has 1 atom stereocenters. The van der Waals surface area contributed by atoms with Crippen molar-refractivity contribution in [3.8, 4) is 10.6 Å². The molecule has 0 bridgehead atoms. The van der Waals surface area contributed by atoms with Crippen LogP contribution in [-0.2, 0) is 16.0 Å². The lowest BCUT2D eigenvalue weighted by Gasteiger charge is -2.13. The summed E-state index contributed by atoms with van der Waals surface area (Å²) in [4.78, 5) is 40.3. The van der Waals surface area contributed by atoms with Gasteiger partial charge in [0, 0.05) is 11.6 Å². The van der Waals surface area contributed by atoms with Gasteiger partial charge in [-0.3, -0.25) is 14.9 Å². The van der Waals surface area contributed by atoms with Crippen LogP contribution >= 0.6 is 11.3 Å². The van der Waals surface area contributed by atoms with Gasteiger partial charge in [0.1, 0.15) is 15.6 Å². The first kappa shape index (κ1) is 22.1. The molecule has 1 unspecified atom stereocenters. The van der Waals surface area contributed by atoms with Crippen molar-refractivity contribution in [2.24, 2.45) is 0 Å². The summed E-state index contributed by atoms with van der Waals surface area (Å²) >= 11 is 1.19. The van der Waals surface area contributed by atoms with Crippen LogP contribution in [0.1, 0.15) is 34.8 Å². The summed E-state index contributed by atoms with van der Waals surface area (Å²) in [5.74, 6) is -1.34. The summed E-state index contributed by atoms with van der Waals surface area (Å²) in [6, 6.07) is 13.7. The molecule has 0 saturated heterocycles. The zero-order valence-electron chi connectivity index (χ0n) is 17.2. The fourth-order valence-electron chi connectivity index (χ4n) is 2.83. The van der Waals surface area contributed by atoms with E-state index < -0.39 is 22.9 Å². The number of nitrogens with one attached hydrogen (secondary N) is 1. The molecular formula is C22H21N3O5S. The number of hydrogen-bond acceptors (Lipinski definition) is 7. The van der Waals surface area contributed by atoms with Crippen molar-refractivity contribution in [3.05, 3.63) is 74.8 Å². The minimum Gasteiger partial charge on any atom is -0.448 e. The molecule has 0 spiro atoms. The smallest absolute Gasteiger partial charge is 0.351 e. The lowest BCUT2D eigenvalue weighted by Crippen LogP contribution is -2.30. The maximum Gasteiger partial charge on any atom is 0.351 e. The first-order valence-electron chi connectivity index (χ1n) is 9.62. The molecule has 1 aromatic heterocycles. The average Bonchev–Trinajstić information content (AvgIpc) is 3.15. The topological polar surface area (TPSA) is 111 Å². The summed E-state index contributed by atoms with van der Waals surface area (Å²) < 4.78 is 5.29. The summed E-state index contributed by atoms with van der Waals surface area (Å²) in [6.07, 6.45) is -0.220. The molecule has 0 aliphatic rings. The van der Waals surface area contributed by atoms with Crippen molar-refractivity contribution in [1.29, 1.82) is 0 Å². The predicted octanol–water partition coefficient (Wildman–Crippen LogP) is 4.77. The number of carbonyl (C=O) groups excluding carboxylic acids is 2. The molecule has 0 radical (unpaired) electrons. The highest BCUT2D eigenvalue weighted by atomic mass is 32.1. The Hall–Kier alpha value is -3.59. The van der Waals surface area contributed by atoms with Gasteiger partial charge in [-0.05, 0) is 31.9 Å². The highest BCUT2D eigenvalue weighted by Gasteiger charge is 2.25. The average molecular weight is 439 g/mol. The second kappa shape index (κ2) is 9.48. The fraction of sp³-hybridized carbons (Fsp3) is 0.227. The van der Waals surface area contributed by atoms with Crippen molar-refractivity contribution in [2.75, 3.05) is 5.32 Å². The normalized spacial score (nSPS) is 11.6. The Balaban J connectivity index is 1.70. The van der Waals surface area contributed by atoms with Crippen LogP contribution in [0.4, 0.5) is 11.4 Å². The molecule has 0 aliphatic carbocycles.